The topological polar surface area (TPSA) is 38.3 Å². The van der Waals surface area contributed by atoms with Gasteiger partial charge in [0, 0.05) is 9.61 Å². The summed E-state index contributed by atoms with van der Waals surface area (Å²) >= 11 is 2.23. The lowest BCUT2D eigenvalue weighted by molar-refractivity contribution is -0.124. The monoisotopic (exact) mass is 347 g/mol. The summed E-state index contributed by atoms with van der Waals surface area (Å²) < 4.78 is 6.53. The molecule has 0 bridgehead atoms. The minimum absolute atomic E-state index is 0.0671. The Kier molecular flexibility index (Phi) is 5.74. The van der Waals surface area contributed by atoms with Crippen LogP contribution >= 0.6 is 22.6 Å². The first-order valence-electron chi connectivity index (χ1n) is 5.66. The van der Waals surface area contributed by atoms with Crippen molar-refractivity contribution in [1.29, 1.82) is 0 Å². The molecule has 0 aromatic heterocycles. The molecule has 1 aromatic carbocycles. The fourth-order valence-electron chi connectivity index (χ4n) is 1.14. The molecule has 0 aliphatic carbocycles. The number of benzene rings is 1. The Morgan fingerprint density at radius 3 is 2.41 bits per heavy atom. The highest BCUT2D eigenvalue weighted by Gasteiger charge is 2.10. The molecule has 0 heterocycles. The number of nitrogens with one attached hydrogen (secondary N) is 1. The van der Waals surface area contributed by atoms with E-state index in [0.717, 1.165) is 9.32 Å². The van der Waals surface area contributed by atoms with Crippen LogP contribution in [-0.2, 0) is 4.79 Å². The standard InChI is InChI=1S/C13H18INO2/c1-9(2)10(3)15-13(16)8-17-12-6-4-11(14)5-7-12/h4-7,9-10H,8H2,1-3H3,(H,15,16). The van der Waals surface area contributed by atoms with Crippen molar-refractivity contribution < 1.29 is 9.53 Å². The number of halogens is 1. The molecule has 4 heteroatoms. The number of carbonyl (C=O) groups is 1. The van der Waals surface area contributed by atoms with Crippen molar-refractivity contribution in [3.63, 3.8) is 0 Å². The molecule has 1 N–H and O–H groups in total. The molecule has 1 aromatic rings. The van der Waals surface area contributed by atoms with Gasteiger partial charge >= 0.3 is 0 Å². The summed E-state index contributed by atoms with van der Waals surface area (Å²) in [5.41, 5.74) is 0. The fourth-order valence-corrected chi connectivity index (χ4v) is 1.50. The lowest BCUT2D eigenvalue weighted by Gasteiger charge is -2.17. The summed E-state index contributed by atoms with van der Waals surface area (Å²) in [4.78, 5) is 11.6. The van der Waals surface area contributed by atoms with Gasteiger partial charge in [-0.1, -0.05) is 13.8 Å². The Balaban J connectivity index is 2.35. The predicted molar refractivity (Wildman–Crippen MR) is 77.1 cm³/mol. The second kappa shape index (κ2) is 6.83. The molecule has 1 rings (SSSR count). The zero-order chi connectivity index (χ0) is 12.8. The molecule has 1 amide bonds. The third-order valence-corrected chi connectivity index (χ3v) is 3.29. The van der Waals surface area contributed by atoms with Crippen molar-refractivity contribution >= 4 is 28.5 Å². The maximum Gasteiger partial charge on any atom is 0.258 e. The quantitative estimate of drug-likeness (QED) is 0.832. The van der Waals surface area contributed by atoms with E-state index in [4.69, 9.17) is 4.74 Å². The SMILES string of the molecule is CC(C)C(C)NC(=O)COc1ccc(I)cc1. The number of hydrogen-bond acceptors (Lipinski definition) is 2. The first kappa shape index (κ1) is 14.3. The van der Waals surface area contributed by atoms with Crippen molar-refractivity contribution in [3.05, 3.63) is 27.8 Å². The van der Waals surface area contributed by atoms with E-state index >= 15 is 0 Å². The Morgan fingerprint density at radius 2 is 1.88 bits per heavy atom. The minimum Gasteiger partial charge on any atom is -0.484 e. The van der Waals surface area contributed by atoms with E-state index in [2.05, 4.69) is 41.8 Å². The molecule has 0 radical (unpaired) electrons. The molecule has 0 fully saturated rings. The molecule has 0 aliphatic rings. The Hall–Kier alpha value is -0.780. The van der Waals surface area contributed by atoms with Crippen molar-refractivity contribution in [2.24, 2.45) is 5.92 Å². The second-order valence-electron chi connectivity index (χ2n) is 4.34. The number of amides is 1. The van der Waals surface area contributed by atoms with Crippen LogP contribution < -0.4 is 10.1 Å². The van der Waals surface area contributed by atoms with Gasteiger partial charge in [-0.25, -0.2) is 0 Å². The van der Waals surface area contributed by atoms with Gasteiger partial charge in [0.25, 0.3) is 5.91 Å². The van der Waals surface area contributed by atoms with E-state index in [1.165, 1.54) is 0 Å². The molecule has 0 spiro atoms. The number of hydrogen-bond donors (Lipinski definition) is 1. The van der Waals surface area contributed by atoms with Gasteiger partial charge in [0.1, 0.15) is 5.75 Å². The highest BCUT2D eigenvalue weighted by Crippen LogP contribution is 2.13. The number of carbonyl (C=O) groups excluding carboxylic acids is 1. The Bertz CT molecular complexity index is 362. The van der Waals surface area contributed by atoms with Crippen molar-refractivity contribution in [2.75, 3.05) is 6.61 Å². The highest BCUT2D eigenvalue weighted by molar-refractivity contribution is 14.1. The Morgan fingerprint density at radius 1 is 1.29 bits per heavy atom. The molecule has 0 aliphatic heterocycles. The summed E-state index contributed by atoms with van der Waals surface area (Å²) in [7, 11) is 0. The summed E-state index contributed by atoms with van der Waals surface area (Å²) in [5, 5.41) is 2.90. The molecule has 1 atom stereocenters. The average molecular weight is 347 g/mol. The lowest BCUT2D eigenvalue weighted by atomic mass is 10.1. The average Bonchev–Trinajstić information content (AvgIpc) is 2.28. The Labute approximate surface area is 116 Å². The molecular weight excluding hydrogens is 329 g/mol. The third kappa shape index (κ3) is 5.39. The van der Waals surface area contributed by atoms with E-state index in [-0.39, 0.29) is 18.6 Å². The molecule has 0 saturated heterocycles. The van der Waals surface area contributed by atoms with Gasteiger partial charge in [-0.3, -0.25) is 4.79 Å². The first-order chi connectivity index (χ1) is 7.99. The second-order valence-corrected chi connectivity index (χ2v) is 5.59. The predicted octanol–water partition coefficient (Wildman–Crippen LogP) is 2.83. The number of rotatable bonds is 5. The van der Waals surface area contributed by atoms with Gasteiger partial charge in [-0.2, -0.15) is 0 Å². The van der Waals surface area contributed by atoms with Crippen molar-refractivity contribution in [1.82, 2.24) is 5.32 Å². The van der Waals surface area contributed by atoms with Gasteiger partial charge in [0.2, 0.25) is 0 Å². The zero-order valence-corrected chi connectivity index (χ0v) is 12.5. The van der Waals surface area contributed by atoms with Crippen LogP contribution in [0.2, 0.25) is 0 Å². The molecule has 17 heavy (non-hydrogen) atoms. The summed E-state index contributed by atoms with van der Waals surface area (Å²) in [6, 6.07) is 7.79. The van der Waals surface area contributed by atoms with Gasteiger partial charge in [-0.15, -0.1) is 0 Å². The largest absolute Gasteiger partial charge is 0.484 e. The van der Waals surface area contributed by atoms with Crippen LogP contribution in [0.15, 0.2) is 24.3 Å². The normalized spacial score (nSPS) is 12.3. The van der Waals surface area contributed by atoms with E-state index in [1.807, 2.05) is 31.2 Å². The van der Waals surface area contributed by atoms with Crippen molar-refractivity contribution in [2.45, 2.75) is 26.8 Å². The van der Waals surface area contributed by atoms with E-state index < -0.39 is 0 Å². The van der Waals surface area contributed by atoms with Gasteiger partial charge in [0.15, 0.2) is 6.61 Å². The van der Waals surface area contributed by atoms with Gasteiger partial charge in [-0.05, 0) is 59.7 Å². The minimum atomic E-state index is -0.0789. The molecule has 0 saturated carbocycles. The number of ether oxygens (including phenoxy) is 1. The van der Waals surface area contributed by atoms with Crippen LogP contribution in [0.5, 0.6) is 5.75 Å². The lowest BCUT2D eigenvalue weighted by Crippen LogP contribution is -2.38. The fraction of sp³-hybridized carbons (Fsp3) is 0.462. The highest BCUT2D eigenvalue weighted by atomic mass is 127. The van der Waals surface area contributed by atoms with Crippen LogP contribution in [0, 0.1) is 9.49 Å². The molecule has 94 valence electrons. The van der Waals surface area contributed by atoms with Crippen LogP contribution in [0.3, 0.4) is 0 Å². The van der Waals surface area contributed by atoms with Crippen LogP contribution in [0.4, 0.5) is 0 Å². The van der Waals surface area contributed by atoms with E-state index in [0.29, 0.717) is 5.92 Å². The maximum atomic E-state index is 11.6. The summed E-state index contributed by atoms with van der Waals surface area (Å²) in [5.74, 6) is 1.07. The maximum absolute atomic E-state index is 11.6. The zero-order valence-electron chi connectivity index (χ0n) is 10.4. The van der Waals surface area contributed by atoms with Crippen LogP contribution in [0.1, 0.15) is 20.8 Å². The third-order valence-electron chi connectivity index (χ3n) is 2.57. The molecule has 1 unspecified atom stereocenters. The molecular formula is C13H18INO2. The van der Waals surface area contributed by atoms with E-state index in [9.17, 15) is 4.79 Å². The smallest absolute Gasteiger partial charge is 0.258 e. The van der Waals surface area contributed by atoms with Crippen molar-refractivity contribution in [3.8, 4) is 5.75 Å². The molecule has 3 nitrogen and oxygen atoms in total. The van der Waals surface area contributed by atoms with Gasteiger partial charge in [0.05, 0.1) is 0 Å². The van der Waals surface area contributed by atoms with E-state index in [1.54, 1.807) is 0 Å². The first-order valence-corrected chi connectivity index (χ1v) is 6.74. The van der Waals surface area contributed by atoms with Gasteiger partial charge < -0.3 is 10.1 Å². The summed E-state index contributed by atoms with van der Waals surface area (Å²) in [6.45, 7) is 6.21. The van der Waals surface area contributed by atoms with Crippen LogP contribution in [0.25, 0.3) is 0 Å². The summed E-state index contributed by atoms with van der Waals surface area (Å²) in [6.07, 6.45) is 0. The van der Waals surface area contributed by atoms with Crippen LogP contribution in [-0.4, -0.2) is 18.6 Å².